The number of nitrogens with zero attached hydrogens (tertiary/aromatic N) is 4. The van der Waals surface area contributed by atoms with Gasteiger partial charge in [-0.05, 0) is 6.92 Å². The molecular formula is C15H11N5O. The first-order valence-electron chi connectivity index (χ1n) is 5.42. The van der Waals surface area contributed by atoms with Crippen molar-refractivity contribution < 1.29 is 4.79 Å². The highest BCUT2D eigenvalue weighted by molar-refractivity contribution is 6.15. The lowest BCUT2D eigenvalue weighted by molar-refractivity contribution is 0.103. The Morgan fingerprint density at radius 2 is 1.57 bits per heavy atom. The van der Waals surface area contributed by atoms with Gasteiger partial charge in [-0.15, -0.1) is 0 Å². The second-order valence-corrected chi connectivity index (χ2v) is 3.77. The smallest absolute Gasteiger partial charge is 0.197 e. The minimum Gasteiger partial charge on any atom is -0.762 e. The maximum atomic E-state index is 12.3. The van der Waals surface area contributed by atoms with E-state index < -0.39 is 22.5 Å². The van der Waals surface area contributed by atoms with Gasteiger partial charge in [0.25, 0.3) is 0 Å². The van der Waals surface area contributed by atoms with Crippen molar-refractivity contribution in [2.75, 3.05) is 0 Å². The van der Waals surface area contributed by atoms with E-state index >= 15 is 0 Å². The van der Waals surface area contributed by atoms with Crippen LogP contribution in [0.25, 0.3) is 5.41 Å². The van der Waals surface area contributed by atoms with Gasteiger partial charge in [0.15, 0.2) is 5.78 Å². The summed E-state index contributed by atoms with van der Waals surface area (Å²) in [5.74, 6) is 0.844. The Balaban J connectivity index is 0.00000400. The van der Waals surface area contributed by atoms with Crippen molar-refractivity contribution in [3.63, 3.8) is 0 Å². The topological polar surface area (TPSA) is 147 Å². The zero-order valence-electron chi connectivity index (χ0n) is 11.5. The van der Waals surface area contributed by atoms with Gasteiger partial charge in [-0.3, -0.25) is 4.79 Å². The van der Waals surface area contributed by atoms with Crippen molar-refractivity contribution in [2.24, 2.45) is 0 Å². The van der Waals surface area contributed by atoms with Crippen molar-refractivity contribution >= 4 is 11.7 Å². The Kier molecular flexibility index (Phi) is 6.54. The molecule has 0 saturated carbocycles. The Hall–Kier alpha value is -3.49. The summed E-state index contributed by atoms with van der Waals surface area (Å²) in [5.41, 5.74) is -0.416. The molecule has 0 aliphatic heterocycles. The summed E-state index contributed by atoms with van der Waals surface area (Å²) >= 11 is 0. The van der Waals surface area contributed by atoms with Crippen molar-refractivity contribution in [2.45, 2.75) is 6.92 Å². The molecule has 6 nitrogen and oxygen atoms in total. The molecule has 0 unspecified atom stereocenters. The highest BCUT2D eigenvalue weighted by atomic mass is 16.1. The minimum absolute atomic E-state index is 0. The number of hydrogen-bond donors (Lipinski definition) is 1. The number of carbonyl (C=O) groups excluding carboxylic acids is 1. The van der Waals surface area contributed by atoms with Crippen LogP contribution in [0.5, 0.6) is 0 Å². The zero-order chi connectivity index (χ0) is 15.1. The molecule has 6 heteroatoms. The molecule has 0 heterocycles. The standard InChI is InChI=1S/C15H7N4O.H3N/c1-10-2-4-11(5-3-10)15(20)14(12(6-16)7-17)13(8-18)9-19;/h2-5H,1H3;1H3/q-1;/p+1. The van der Waals surface area contributed by atoms with Crippen LogP contribution in [0.3, 0.4) is 0 Å². The van der Waals surface area contributed by atoms with E-state index in [-0.39, 0.29) is 11.7 Å². The van der Waals surface area contributed by atoms with Crippen molar-refractivity contribution in [3.05, 3.63) is 57.5 Å². The lowest BCUT2D eigenvalue weighted by atomic mass is 9.93. The summed E-state index contributed by atoms with van der Waals surface area (Å²) in [6, 6.07) is 11.0. The zero-order valence-corrected chi connectivity index (χ0v) is 11.5. The van der Waals surface area contributed by atoms with Gasteiger partial charge in [-0.25, -0.2) is 5.87 Å². The van der Waals surface area contributed by atoms with E-state index in [0.29, 0.717) is 0 Å². The predicted octanol–water partition coefficient (Wildman–Crippen LogP) is 2.59. The molecule has 1 aromatic rings. The number of carbonyl (C=O) groups is 1. The van der Waals surface area contributed by atoms with Gasteiger partial charge in [-0.1, -0.05) is 29.8 Å². The fourth-order valence-corrected chi connectivity index (χ4v) is 1.47. The van der Waals surface area contributed by atoms with Gasteiger partial charge >= 0.3 is 0 Å². The van der Waals surface area contributed by atoms with Crippen LogP contribution >= 0.6 is 0 Å². The number of allylic oxidation sites excluding steroid dienone is 3. The summed E-state index contributed by atoms with van der Waals surface area (Å²) in [4.78, 5) is 12.3. The molecule has 4 N–H and O–H groups in total. The lowest BCUT2D eigenvalue weighted by Crippen LogP contribution is -2.08. The molecule has 1 aromatic carbocycles. The van der Waals surface area contributed by atoms with E-state index in [1.807, 2.05) is 6.92 Å². The second kappa shape index (κ2) is 7.84. The quantitative estimate of drug-likeness (QED) is 0.297. The third-order valence-electron chi connectivity index (χ3n) is 2.49. The molecule has 21 heavy (non-hydrogen) atoms. The van der Waals surface area contributed by atoms with E-state index in [4.69, 9.17) is 21.2 Å². The fraction of sp³-hybridized carbons (Fsp3) is 0.0667. The molecule has 0 spiro atoms. The molecular weight excluding hydrogens is 266 g/mol. The predicted molar refractivity (Wildman–Crippen MR) is 77.2 cm³/mol. The van der Waals surface area contributed by atoms with Crippen molar-refractivity contribution in [3.8, 4) is 18.2 Å². The number of quaternary nitrogens is 1. The number of rotatable bonds is 3. The van der Waals surface area contributed by atoms with Crippen LogP contribution in [0.1, 0.15) is 15.9 Å². The van der Waals surface area contributed by atoms with Gasteiger partial charge in [0.2, 0.25) is 0 Å². The maximum absolute atomic E-state index is 12.3. The summed E-state index contributed by atoms with van der Waals surface area (Å²) in [7, 11) is 0. The molecule has 0 aliphatic rings. The average molecular weight is 277 g/mol. The molecule has 1 rings (SSSR count). The van der Waals surface area contributed by atoms with E-state index in [9.17, 15) is 4.79 Å². The van der Waals surface area contributed by atoms with E-state index in [0.717, 1.165) is 5.56 Å². The van der Waals surface area contributed by atoms with Crippen molar-refractivity contribution in [1.82, 2.24) is 6.15 Å². The summed E-state index contributed by atoms with van der Waals surface area (Å²) in [6.07, 6.45) is 0. The fourth-order valence-electron chi connectivity index (χ4n) is 1.47. The lowest BCUT2D eigenvalue weighted by Gasteiger charge is -2.05. The number of aryl methyl sites for hydroxylation is 1. The van der Waals surface area contributed by atoms with Gasteiger partial charge in [0.1, 0.15) is 23.8 Å². The first-order chi connectivity index (χ1) is 9.58. The molecule has 0 bridgehead atoms. The number of hydrogen-bond acceptors (Lipinski definition) is 4. The number of ketones is 1. The SMILES string of the molecule is Cc1ccc(C(=O)C(C(=C=[N-])C#N)=C(C#N)C#N)cc1.[NH4+]. The largest absolute Gasteiger partial charge is 0.762 e. The Labute approximate surface area is 121 Å². The first-order valence-corrected chi connectivity index (χ1v) is 5.42. The normalized spacial score (nSPS) is 7.90. The number of nitriles is 3. The molecule has 102 valence electrons. The van der Waals surface area contributed by atoms with Crippen molar-refractivity contribution in [1.29, 1.82) is 15.8 Å². The van der Waals surface area contributed by atoms with Crippen LogP contribution in [0.4, 0.5) is 0 Å². The second-order valence-electron chi connectivity index (χ2n) is 3.77. The van der Waals surface area contributed by atoms with Crippen LogP contribution < -0.4 is 6.15 Å². The van der Waals surface area contributed by atoms with Crippen LogP contribution in [0, 0.1) is 40.9 Å². The van der Waals surface area contributed by atoms with Crippen LogP contribution in [0.2, 0.25) is 0 Å². The summed E-state index contributed by atoms with van der Waals surface area (Å²) in [6.45, 7) is 1.84. The van der Waals surface area contributed by atoms with Gasteiger partial charge in [0, 0.05) is 5.56 Å². The maximum Gasteiger partial charge on any atom is 0.197 e. The van der Waals surface area contributed by atoms with Gasteiger partial charge in [-0.2, -0.15) is 15.8 Å². The third-order valence-corrected chi connectivity index (χ3v) is 2.49. The summed E-state index contributed by atoms with van der Waals surface area (Å²) < 4.78 is 0. The van der Waals surface area contributed by atoms with E-state index in [2.05, 4.69) is 0 Å². The van der Waals surface area contributed by atoms with E-state index in [1.165, 1.54) is 36.2 Å². The molecule has 0 amide bonds. The molecule has 0 saturated heterocycles. The molecule has 0 atom stereocenters. The molecule has 0 aliphatic carbocycles. The number of Topliss-reactive ketones (excluding diaryl/α,β-unsaturated/α-hetero) is 1. The molecule has 0 radical (unpaired) electrons. The highest BCUT2D eigenvalue weighted by Gasteiger charge is 2.20. The average Bonchev–Trinajstić information content (AvgIpc) is 2.48. The number of benzene rings is 1. The Bertz CT molecular complexity index is 744. The Morgan fingerprint density at radius 1 is 1.05 bits per heavy atom. The van der Waals surface area contributed by atoms with Gasteiger partial charge < -0.3 is 11.6 Å². The van der Waals surface area contributed by atoms with Crippen LogP contribution in [-0.4, -0.2) is 11.7 Å². The third kappa shape index (κ3) is 3.73. The highest BCUT2D eigenvalue weighted by Crippen LogP contribution is 2.19. The molecule has 0 fully saturated rings. The summed E-state index contributed by atoms with van der Waals surface area (Å²) in [5, 5.41) is 35.4. The minimum atomic E-state index is -0.693. The Morgan fingerprint density at radius 3 is 1.95 bits per heavy atom. The molecule has 0 aromatic heterocycles. The van der Waals surface area contributed by atoms with E-state index in [1.54, 1.807) is 12.1 Å². The monoisotopic (exact) mass is 277 g/mol. The van der Waals surface area contributed by atoms with Crippen LogP contribution in [0.15, 0.2) is 41.0 Å². The van der Waals surface area contributed by atoms with Crippen LogP contribution in [-0.2, 0) is 0 Å². The van der Waals surface area contributed by atoms with Gasteiger partial charge in [0.05, 0.1) is 11.1 Å². The first kappa shape index (κ1) is 17.5.